The number of fused-ring (bicyclic) bond motifs is 4. The van der Waals surface area contributed by atoms with Crippen LogP contribution in [-0.4, -0.2) is 154 Å². The molecule has 0 spiro atoms. The molecule has 4 aliphatic heterocycles. The molecule has 25 nitrogen and oxygen atoms in total. The first kappa shape index (κ1) is 79.9. The van der Waals surface area contributed by atoms with E-state index in [-0.39, 0.29) is 77.7 Å². The summed E-state index contributed by atoms with van der Waals surface area (Å²) in [6, 6.07) is 38.6. The highest BCUT2D eigenvalue weighted by Gasteiger charge is 2.54. The maximum Gasteiger partial charge on any atom is 0.410 e. The lowest BCUT2D eigenvalue weighted by Crippen LogP contribution is -2.47. The van der Waals surface area contributed by atoms with E-state index >= 15 is 0 Å². The Morgan fingerprint density at radius 2 is 0.571 bits per heavy atom. The largest absolute Gasteiger partial charge is 0.445 e. The smallest absolute Gasteiger partial charge is 0.410 e. The molecule has 12 rings (SSSR count). The van der Waals surface area contributed by atoms with Gasteiger partial charge in [-0.05, 0) is 215 Å². The van der Waals surface area contributed by atoms with Crippen molar-refractivity contribution < 1.29 is 71.5 Å². The Kier molecular flexibility index (Phi) is 25.8. The van der Waals surface area contributed by atoms with Gasteiger partial charge in [0.2, 0.25) is 5.91 Å². The fourth-order valence-electron chi connectivity index (χ4n) is 16.7. The molecule has 105 heavy (non-hydrogen) atoms. The van der Waals surface area contributed by atoms with Crippen LogP contribution in [0.25, 0.3) is 10.4 Å². The molecule has 12 atom stereocenters. The lowest BCUT2D eigenvalue weighted by molar-refractivity contribution is -0.126. The Hall–Kier alpha value is -9.25. The third-order valence-electron chi connectivity index (χ3n) is 20.9. The fourth-order valence-corrected chi connectivity index (χ4v) is 16.7. The summed E-state index contributed by atoms with van der Waals surface area (Å²) in [7, 11) is 0. The first-order valence-electron chi connectivity index (χ1n) is 36.9. The van der Waals surface area contributed by atoms with E-state index in [0.29, 0.717) is 121 Å². The Morgan fingerprint density at radius 1 is 0.371 bits per heavy atom. The molecule has 4 saturated carbocycles. The van der Waals surface area contributed by atoms with Crippen LogP contribution in [0.15, 0.2) is 126 Å². The van der Waals surface area contributed by atoms with E-state index in [4.69, 9.17) is 38.7 Å². The highest BCUT2D eigenvalue weighted by Crippen LogP contribution is 2.51. The third-order valence-corrected chi connectivity index (χ3v) is 20.9. The number of hydrogen-bond donors (Lipinski definition) is 3. The van der Waals surface area contributed by atoms with E-state index in [2.05, 4.69) is 46.7 Å². The zero-order chi connectivity index (χ0) is 76.1. The first-order valence-corrected chi connectivity index (χ1v) is 36.9. The van der Waals surface area contributed by atoms with Crippen molar-refractivity contribution in [2.24, 2.45) is 57.9 Å². The van der Waals surface area contributed by atoms with E-state index in [1.165, 1.54) is 0 Å². The minimum atomic E-state index is -0.596. The summed E-state index contributed by atoms with van der Waals surface area (Å²) < 4.78 is 37.9. The molecular formula is C80H110N10O15. The monoisotopic (exact) mass is 1450 g/mol. The predicted octanol–water partition coefficient (Wildman–Crippen LogP) is 15.4. The number of benzene rings is 4. The molecule has 0 aromatic heterocycles. The average molecular weight is 1450 g/mol. The van der Waals surface area contributed by atoms with Gasteiger partial charge in [-0.1, -0.05) is 128 Å². The number of rotatable bonds is 12. The van der Waals surface area contributed by atoms with Crippen LogP contribution in [0, 0.1) is 52.8 Å². The van der Waals surface area contributed by atoms with E-state index < -0.39 is 28.1 Å². The van der Waals surface area contributed by atoms with Crippen molar-refractivity contribution in [3.05, 3.63) is 154 Å². The van der Waals surface area contributed by atoms with Gasteiger partial charge in [0.1, 0.15) is 43.2 Å². The van der Waals surface area contributed by atoms with E-state index in [9.17, 15) is 38.4 Å². The van der Waals surface area contributed by atoms with Crippen molar-refractivity contribution in [1.29, 1.82) is 0 Å². The topological polar surface area (TPSA) is 299 Å². The molecule has 4 aromatic rings. The van der Waals surface area contributed by atoms with Crippen molar-refractivity contribution in [2.45, 2.75) is 201 Å². The Balaban J connectivity index is 0.000000162. The second-order valence-electron chi connectivity index (χ2n) is 34.1. The fraction of sp³-hybridized carbons (Fsp3) is 0.600. The van der Waals surface area contributed by atoms with Crippen LogP contribution in [0.2, 0.25) is 0 Å². The van der Waals surface area contributed by atoms with Gasteiger partial charge in [0.05, 0.1) is 0 Å². The second kappa shape index (κ2) is 33.9. The second-order valence-corrected chi connectivity index (χ2v) is 34.1. The number of ether oxygens (including phenoxy) is 7. The van der Waals surface area contributed by atoms with Gasteiger partial charge in [-0.2, -0.15) is 0 Å². The van der Waals surface area contributed by atoms with Crippen LogP contribution in [0.1, 0.15) is 164 Å². The molecule has 570 valence electrons. The molecule has 0 radical (unpaired) electrons. The zero-order valence-electron chi connectivity index (χ0n) is 63.6. The molecule has 4 heterocycles. The molecule has 4 saturated heterocycles. The molecule has 25 heteroatoms. The van der Waals surface area contributed by atoms with Crippen molar-refractivity contribution >= 4 is 48.6 Å². The summed E-state index contributed by atoms with van der Waals surface area (Å²) in [6.45, 7) is 31.2. The summed E-state index contributed by atoms with van der Waals surface area (Å²) in [5.74, 6) is 2.43. The minimum absolute atomic E-state index is 0.255. The maximum absolute atomic E-state index is 12.4. The van der Waals surface area contributed by atoms with E-state index in [0.717, 1.165) is 60.8 Å². The molecule has 0 bridgehead atoms. The number of carbonyl (C=O) groups is 8. The predicted molar refractivity (Wildman–Crippen MR) is 393 cm³/mol. The SMILES string of the molecule is CC1(C(=O)N=[N+]=[N-])C[C@H]2CN(C(=O)OCc3ccccc3)C[C@H]2C1.CC1(NC(=O)OC(C)(C)C)C[C@H]2CN(C(=O)OCc3ccccc3)C[C@H]2C1.CC1(NC(=O)OC(C)(C)C)C[C@H]2CN(C(=O)OCc3ccccc3)C[C@H]2C1.CC1(NC(=O)OC(C)(C)C)C[C@H]2CN(C(=O)OCc3ccccc3)C[C@H]2C1. The third kappa shape index (κ3) is 23.6. The molecule has 8 amide bonds. The van der Waals surface area contributed by atoms with Gasteiger partial charge in [0, 0.05) is 79.3 Å². The lowest BCUT2D eigenvalue weighted by Gasteiger charge is -2.30. The summed E-state index contributed by atoms with van der Waals surface area (Å²) in [4.78, 5) is 107. The Bertz CT molecular complexity index is 3350. The quantitative estimate of drug-likeness (QED) is 0.0514. The van der Waals surface area contributed by atoms with Crippen LogP contribution in [0.3, 0.4) is 0 Å². The minimum Gasteiger partial charge on any atom is -0.445 e. The van der Waals surface area contributed by atoms with Gasteiger partial charge < -0.3 is 68.7 Å². The van der Waals surface area contributed by atoms with Crippen LogP contribution in [0.5, 0.6) is 0 Å². The molecule has 4 aliphatic carbocycles. The molecule has 8 aliphatic rings. The lowest BCUT2D eigenvalue weighted by atomic mass is 9.86. The summed E-state index contributed by atoms with van der Waals surface area (Å²) in [5, 5.41) is 12.4. The number of amides is 8. The molecule has 8 fully saturated rings. The van der Waals surface area contributed by atoms with Gasteiger partial charge in [-0.3, -0.25) is 4.79 Å². The highest BCUT2D eigenvalue weighted by atomic mass is 16.6. The Morgan fingerprint density at radius 3 is 0.762 bits per heavy atom. The van der Waals surface area contributed by atoms with Crippen molar-refractivity contribution in [3.63, 3.8) is 0 Å². The van der Waals surface area contributed by atoms with Crippen molar-refractivity contribution in [2.75, 3.05) is 52.4 Å². The number of carbonyl (C=O) groups excluding carboxylic acids is 8. The number of azide groups is 1. The van der Waals surface area contributed by atoms with Crippen LogP contribution >= 0.6 is 0 Å². The molecule has 4 unspecified atom stereocenters. The summed E-state index contributed by atoms with van der Waals surface area (Å²) in [5.41, 5.74) is 9.41. The van der Waals surface area contributed by atoms with Crippen LogP contribution in [0.4, 0.5) is 33.6 Å². The average Bonchev–Trinajstić information content (AvgIpc) is 1.65. The van der Waals surface area contributed by atoms with E-state index in [1.54, 1.807) is 19.6 Å². The van der Waals surface area contributed by atoms with E-state index in [1.807, 2.05) is 191 Å². The first-order chi connectivity index (χ1) is 49.4. The Labute approximate surface area is 618 Å². The highest BCUT2D eigenvalue weighted by molar-refractivity contribution is 5.83. The normalized spacial score (nSPS) is 27.4. The molecule has 4 aromatic carbocycles. The standard InChI is InChI=1S/3C21H30N2O4.C17H20N4O3/c3*1-20(2,3)27-18(24)22-21(4)10-16-12-23(13-17(16)11-21)19(25)26-14-15-8-6-5-7-9-15;1-17(15(22)19-20-18)7-13-9-21(10-14(13)8-17)16(23)24-11-12-5-3-2-4-6-12/h3*5-9,16-17H,10-14H2,1-4H3,(H,22,24);2-6,13-14H,7-11H2,1H3/t3*16-,17+,21?;13-,14+,17?. The summed E-state index contributed by atoms with van der Waals surface area (Å²) in [6.07, 6.45) is 4.19. The molecule has 3 N–H and O–H groups in total. The number of alkyl carbamates (subject to hydrolysis) is 3. The zero-order valence-corrected chi connectivity index (χ0v) is 63.6. The number of nitrogens with one attached hydrogen (secondary N) is 3. The molecular weight excluding hydrogens is 1340 g/mol. The van der Waals surface area contributed by atoms with Crippen molar-refractivity contribution in [3.8, 4) is 0 Å². The van der Waals surface area contributed by atoms with Gasteiger partial charge >= 0.3 is 42.7 Å². The maximum atomic E-state index is 12.4. The van der Waals surface area contributed by atoms with Crippen molar-refractivity contribution in [1.82, 2.24) is 35.6 Å². The number of hydrogen-bond acceptors (Lipinski definition) is 15. The number of nitrogens with zero attached hydrogens (tertiary/aromatic N) is 7. The van der Waals surface area contributed by atoms with Gasteiger partial charge in [-0.15, -0.1) is 0 Å². The van der Waals surface area contributed by atoms with Gasteiger partial charge in [0.15, 0.2) is 0 Å². The van der Waals surface area contributed by atoms with Gasteiger partial charge in [-0.25, -0.2) is 33.6 Å². The van der Waals surface area contributed by atoms with Crippen LogP contribution in [-0.2, 0) is 64.4 Å². The summed E-state index contributed by atoms with van der Waals surface area (Å²) >= 11 is 0. The van der Waals surface area contributed by atoms with Crippen LogP contribution < -0.4 is 16.0 Å². The van der Waals surface area contributed by atoms with Gasteiger partial charge in [0.25, 0.3) is 0 Å². The number of likely N-dealkylation sites (tertiary alicyclic amines) is 4.